The maximum Gasteiger partial charge on any atom is 0.304 e. The Morgan fingerprint density at radius 3 is 2.29 bits per heavy atom. The van der Waals surface area contributed by atoms with Crippen LogP contribution in [-0.2, 0) is 43.0 Å². The van der Waals surface area contributed by atoms with Gasteiger partial charge in [-0.25, -0.2) is 26.5 Å². The number of carboxylic acids is 1. The Balaban J connectivity index is 0.766. The quantitative estimate of drug-likeness (QED) is 0.0392. The number of aryl methyl sites for hydroxylation is 2. The second kappa shape index (κ2) is 25.5. The van der Waals surface area contributed by atoms with Gasteiger partial charge in [-0.2, -0.15) is 9.29 Å². The first kappa shape index (κ1) is 57.0. The molecule has 0 bridgehead atoms. The number of sulfone groups is 1. The molecule has 1 aliphatic heterocycles. The molecule has 1 unspecified atom stereocenters. The van der Waals surface area contributed by atoms with E-state index in [1.54, 1.807) is 92.3 Å². The van der Waals surface area contributed by atoms with Gasteiger partial charge in [0.25, 0.3) is 5.91 Å². The molecule has 1 fully saturated rings. The number of nitrogens with zero attached hydrogens (tertiary/aromatic N) is 8. The molecule has 1 amide bonds. The molecule has 2 aromatic heterocycles. The molecule has 1 aliphatic rings. The summed E-state index contributed by atoms with van der Waals surface area (Å²) in [6.45, 7) is 10.2. The van der Waals surface area contributed by atoms with Gasteiger partial charge in [-0.1, -0.05) is 78.2 Å². The minimum atomic E-state index is -3.78. The van der Waals surface area contributed by atoms with Crippen molar-refractivity contribution in [2.45, 2.75) is 80.4 Å². The predicted octanol–water partition coefficient (Wildman–Crippen LogP) is 8.69. The average Bonchev–Trinajstić information content (AvgIpc) is 3.82. The fraction of sp³-hybridized carbons (Fsp3) is 0.357. The first-order chi connectivity index (χ1) is 37.4. The van der Waals surface area contributed by atoms with E-state index in [4.69, 9.17) is 16.3 Å². The predicted molar refractivity (Wildman–Crippen MR) is 303 cm³/mol. The van der Waals surface area contributed by atoms with Crippen molar-refractivity contribution < 1.29 is 36.3 Å². The number of hydrogen-bond acceptors (Lipinski definition) is 15. The Kier molecular flexibility index (Phi) is 18.7. The Morgan fingerprint density at radius 1 is 0.846 bits per heavy atom. The zero-order valence-corrected chi connectivity index (χ0v) is 46.8. The van der Waals surface area contributed by atoms with E-state index in [-0.39, 0.29) is 46.1 Å². The van der Waals surface area contributed by atoms with Crippen molar-refractivity contribution >= 4 is 83.2 Å². The standard InChI is InChI=1S/C56H66ClN11O8S2/c1-38(2)77(72,73)51-18-12-11-17-48(51)61-55-47(57)35-59-56(62-55)60-43-21-23-44(24-22-43)68-29-27-67(28-30-68)26-14-7-6-13-25-58-52(69)37-76-50-33-41(32-49-54(50)66(5)64-63-49)46(34-53(70)71)40-20-19-39(3)42(31-40)36-65(4)78(74,75)45-15-9-8-10-16-45/h8-12,15-24,31-33,35,38,46H,6-7,13-14,25-30,34,36-37H2,1-5H3,(H,58,69)(H,70,71)(H2,59,60,61,62). The van der Waals surface area contributed by atoms with Crippen LogP contribution in [0.5, 0.6) is 5.75 Å². The van der Waals surface area contributed by atoms with E-state index >= 15 is 0 Å². The summed E-state index contributed by atoms with van der Waals surface area (Å²) in [7, 11) is -4.10. The molecule has 0 spiro atoms. The smallest absolute Gasteiger partial charge is 0.304 e. The van der Waals surface area contributed by atoms with Crippen molar-refractivity contribution in [3.63, 3.8) is 0 Å². The van der Waals surface area contributed by atoms with Crippen LogP contribution in [0.15, 0.2) is 125 Å². The molecule has 5 aromatic carbocycles. The molecule has 0 radical (unpaired) electrons. The number of carboxylic acid groups (broad SMARTS) is 1. The fourth-order valence-corrected chi connectivity index (χ4v) is 11.8. The van der Waals surface area contributed by atoms with Gasteiger partial charge in [-0.15, -0.1) is 5.10 Å². The summed E-state index contributed by atoms with van der Waals surface area (Å²) in [4.78, 5) is 39.5. The number of halogens is 1. The number of aromatic nitrogens is 5. The minimum absolute atomic E-state index is 0.0734. The number of aliphatic carboxylic acids is 1. The zero-order valence-electron chi connectivity index (χ0n) is 44.4. The largest absolute Gasteiger partial charge is 0.481 e. The molecule has 0 aliphatic carbocycles. The topological polar surface area (TPSA) is 234 Å². The van der Waals surface area contributed by atoms with Crippen molar-refractivity contribution in [2.75, 3.05) is 68.5 Å². The number of rotatable bonds is 25. The van der Waals surface area contributed by atoms with Crippen LogP contribution in [-0.4, -0.2) is 126 Å². The van der Waals surface area contributed by atoms with Gasteiger partial charge in [0.05, 0.1) is 33.3 Å². The first-order valence-electron chi connectivity index (χ1n) is 25.9. The molecule has 3 heterocycles. The molecule has 1 saturated heterocycles. The highest BCUT2D eigenvalue weighted by molar-refractivity contribution is 7.92. The van der Waals surface area contributed by atoms with Crippen molar-refractivity contribution in [1.82, 2.24) is 39.5 Å². The van der Waals surface area contributed by atoms with Gasteiger partial charge in [0, 0.05) is 70.7 Å². The van der Waals surface area contributed by atoms with Crippen LogP contribution in [0.25, 0.3) is 11.0 Å². The number of fused-ring (bicyclic) bond motifs is 1. The van der Waals surface area contributed by atoms with Gasteiger partial charge in [-0.05, 0) is 123 Å². The average molecular weight is 1120 g/mol. The summed E-state index contributed by atoms with van der Waals surface area (Å²) < 4.78 is 61.7. The molecular weight excluding hydrogens is 1050 g/mol. The number of unbranched alkanes of at least 4 members (excludes halogenated alkanes) is 3. The lowest BCUT2D eigenvalue weighted by molar-refractivity contribution is -0.137. The lowest BCUT2D eigenvalue weighted by Gasteiger charge is -2.36. The Hall–Kier alpha value is -7.17. The van der Waals surface area contributed by atoms with E-state index in [2.05, 4.69) is 58.2 Å². The maximum atomic E-state index is 13.4. The van der Waals surface area contributed by atoms with Crippen molar-refractivity contribution in [1.29, 1.82) is 0 Å². The Morgan fingerprint density at radius 2 is 1.56 bits per heavy atom. The monoisotopic (exact) mass is 1120 g/mol. The minimum Gasteiger partial charge on any atom is -0.481 e. The normalized spacial score (nSPS) is 13.7. The summed E-state index contributed by atoms with van der Waals surface area (Å²) in [5.41, 5.74) is 6.18. The number of hydrogen-bond donors (Lipinski definition) is 4. The highest BCUT2D eigenvalue weighted by Gasteiger charge is 2.27. The third-order valence-corrected chi connectivity index (χ3v) is 18.1. The van der Waals surface area contributed by atoms with Gasteiger partial charge in [0.1, 0.15) is 21.8 Å². The number of amides is 1. The number of para-hydroxylation sites is 1. The highest BCUT2D eigenvalue weighted by Crippen LogP contribution is 2.36. The number of piperazine rings is 1. The van der Waals surface area contributed by atoms with Crippen molar-refractivity contribution in [2.24, 2.45) is 7.05 Å². The molecule has 4 N–H and O–H groups in total. The second-order valence-electron chi connectivity index (χ2n) is 19.7. The SMILES string of the molecule is Cc1ccc(C(CC(=O)O)c2cc(OCC(=O)NCCCCCCN3CCN(c4ccc(Nc5ncc(Cl)c(Nc6ccccc6S(=O)(=O)C(C)C)n5)cc4)CC3)c3c(c2)nnn3C)cc1CN(C)S(=O)(=O)c1ccccc1. The number of anilines is 5. The third-order valence-electron chi connectivity index (χ3n) is 13.8. The van der Waals surface area contributed by atoms with E-state index in [9.17, 15) is 31.5 Å². The van der Waals surface area contributed by atoms with Crippen LogP contribution < -0.4 is 25.6 Å². The van der Waals surface area contributed by atoms with Crippen LogP contribution in [0.1, 0.15) is 74.1 Å². The van der Waals surface area contributed by atoms with Crippen LogP contribution >= 0.6 is 11.6 Å². The van der Waals surface area contributed by atoms with Gasteiger partial charge >= 0.3 is 5.97 Å². The summed E-state index contributed by atoms with van der Waals surface area (Å²) in [5, 5.41) is 27.5. The number of nitrogens with one attached hydrogen (secondary N) is 3. The van der Waals surface area contributed by atoms with Crippen molar-refractivity contribution in [3.8, 4) is 5.75 Å². The number of carbonyl (C=O) groups excluding carboxylic acids is 1. The summed E-state index contributed by atoms with van der Waals surface area (Å²) >= 11 is 6.44. The highest BCUT2D eigenvalue weighted by atomic mass is 35.5. The van der Waals surface area contributed by atoms with Crippen LogP contribution in [0.2, 0.25) is 5.02 Å². The van der Waals surface area contributed by atoms with E-state index in [1.165, 1.54) is 17.5 Å². The molecule has 78 heavy (non-hydrogen) atoms. The van der Waals surface area contributed by atoms with Gasteiger partial charge < -0.3 is 30.7 Å². The molecule has 22 heteroatoms. The Labute approximate surface area is 461 Å². The van der Waals surface area contributed by atoms with Gasteiger partial charge in [-0.3, -0.25) is 14.5 Å². The Bertz CT molecular complexity index is 3450. The summed E-state index contributed by atoms with van der Waals surface area (Å²) in [5.74, 6) is -1.05. The van der Waals surface area contributed by atoms with Crippen LogP contribution in [0.3, 0.4) is 0 Å². The van der Waals surface area contributed by atoms with Gasteiger partial charge in [0.15, 0.2) is 22.3 Å². The molecule has 7 aromatic rings. The third kappa shape index (κ3) is 14.1. The number of benzene rings is 5. The molecule has 1 atom stereocenters. The lowest BCUT2D eigenvalue weighted by atomic mass is 9.86. The molecule has 8 rings (SSSR count). The molecule has 0 saturated carbocycles. The first-order valence-corrected chi connectivity index (χ1v) is 29.3. The molecule has 412 valence electrons. The van der Waals surface area contributed by atoms with E-state index in [0.717, 1.165) is 80.9 Å². The van der Waals surface area contributed by atoms with Crippen LogP contribution in [0.4, 0.5) is 28.8 Å². The zero-order chi connectivity index (χ0) is 55.6. The number of carbonyl (C=O) groups is 2. The van der Waals surface area contributed by atoms with Crippen molar-refractivity contribution in [3.05, 3.63) is 143 Å². The van der Waals surface area contributed by atoms with Gasteiger partial charge in [0.2, 0.25) is 16.0 Å². The lowest BCUT2D eigenvalue weighted by Crippen LogP contribution is -2.46. The maximum absolute atomic E-state index is 13.4. The van der Waals surface area contributed by atoms with E-state index in [1.807, 2.05) is 37.3 Å². The number of sulfonamides is 1. The van der Waals surface area contributed by atoms with E-state index in [0.29, 0.717) is 46.1 Å². The molecular formula is C56H66ClN11O8S2. The second-order valence-corrected chi connectivity index (χ2v) is 24.6. The summed E-state index contributed by atoms with van der Waals surface area (Å²) in [6.07, 6.45) is 5.07. The fourth-order valence-electron chi connectivity index (χ4n) is 9.33. The molecule has 19 nitrogen and oxygen atoms in total. The van der Waals surface area contributed by atoms with Crippen LogP contribution in [0, 0.1) is 6.92 Å². The van der Waals surface area contributed by atoms with E-state index < -0.39 is 37.0 Å². The summed E-state index contributed by atoms with van der Waals surface area (Å²) in [6, 6.07) is 32.0. The number of ether oxygens (including phenoxy) is 1.